The minimum atomic E-state index is -0.301. The molecule has 1 heterocycles. The molecule has 0 N–H and O–H groups in total. The van der Waals surface area contributed by atoms with Crippen LogP contribution in [0.5, 0.6) is 0 Å². The lowest BCUT2D eigenvalue weighted by Gasteiger charge is -2.18. The van der Waals surface area contributed by atoms with E-state index >= 15 is 0 Å². The number of hydrogen-bond donors (Lipinski definition) is 0. The summed E-state index contributed by atoms with van der Waals surface area (Å²) in [5, 5.41) is 9.09. The molecular formula is C15H14ClN3O. The highest BCUT2D eigenvalue weighted by Gasteiger charge is 2.17. The largest absolute Gasteiger partial charge is 0.352 e. The standard InChI is InChI=1S/C15H14ClN3O/c1-2-20-15(11-7-9-12(16)10-8-11)19-14-6-4-3-5-13(14)17-18-19/h3-10,15H,2H2,1H3. The summed E-state index contributed by atoms with van der Waals surface area (Å²) in [5.74, 6) is 0. The molecule has 20 heavy (non-hydrogen) atoms. The molecule has 0 radical (unpaired) electrons. The molecule has 0 saturated heterocycles. The molecule has 2 aromatic carbocycles. The van der Waals surface area contributed by atoms with E-state index in [1.807, 2.05) is 55.5 Å². The number of halogens is 1. The summed E-state index contributed by atoms with van der Waals surface area (Å²) in [5.41, 5.74) is 2.79. The summed E-state index contributed by atoms with van der Waals surface area (Å²) in [7, 11) is 0. The van der Waals surface area contributed by atoms with Crippen molar-refractivity contribution in [3.8, 4) is 0 Å². The molecule has 0 aliphatic heterocycles. The lowest BCUT2D eigenvalue weighted by Crippen LogP contribution is -2.16. The molecule has 1 unspecified atom stereocenters. The van der Waals surface area contributed by atoms with Gasteiger partial charge in [0.25, 0.3) is 0 Å². The summed E-state index contributed by atoms with van der Waals surface area (Å²) in [6.45, 7) is 2.55. The Morgan fingerprint density at radius 2 is 1.90 bits per heavy atom. The second-order valence-corrected chi connectivity index (χ2v) is 4.82. The van der Waals surface area contributed by atoms with E-state index in [0.717, 1.165) is 16.6 Å². The molecule has 3 aromatic rings. The van der Waals surface area contributed by atoms with E-state index in [1.165, 1.54) is 0 Å². The molecule has 1 atom stereocenters. The minimum absolute atomic E-state index is 0.301. The van der Waals surface area contributed by atoms with Gasteiger partial charge in [0, 0.05) is 17.2 Å². The fourth-order valence-corrected chi connectivity index (χ4v) is 2.28. The minimum Gasteiger partial charge on any atom is -0.352 e. The molecule has 1 aromatic heterocycles. The summed E-state index contributed by atoms with van der Waals surface area (Å²) in [6.07, 6.45) is -0.301. The zero-order valence-corrected chi connectivity index (χ0v) is 11.8. The summed E-state index contributed by atoms with van der Waals surface area (Å²) >= 11 is 5.94. The maximum absolute atomic E-state index is 5.94. The van der Waals surface area contributed by atoms with Crippen LogP contribution in [0.3, 0.4) is 0 Å². The van der Waals surface area contributed by atoms with Crippen LogP contribution in [0.25, 0.3) is 11.0 Å². The molecule has 3 rings (SSSR count). The van der Waals surface area contributed by atoms with E-state index in [-0.39, 0.29) is 6.23 Å². The zero-order chi connectivity index (χ0) is 13.9. The smallest absolute Gasteiger partial charge is 0.178 e. The number of aromatic nitrogens is 3. The Bertz CT molecular complexity index is 708. The quantitative estimate of drug-likeness (QED) is 0.735. The third kappa shape index (κ3) is 2.40. The van der Waals surface area contributed by atoms with E-state index in [1.54, 1.807) is 4.68 Å². The van der Waals surface area contributed by atoms with Gasteiger partial charge in [-0.25, -0.2) is 4.68 Å². The molecular weight excluding hydrogens is 274 g/mol. The van der Waals surface area contributed by atoms with Gasteiger partial charge in [-0.05, 0) is 31.2 Å². The van der Waals surface area contributed by atoms with Gasteiger partial charge in [-0.15, -0.1) is 5.10 Å². The summed E-state index contributed by atoms with van der Waals surface area (Å²) in [4.78, 5) is 0. The predicted molar refractivity (Wildman–Crippen MR) is 78.7 cm³/mol. The third-order valence-corrected chi connectivity index (χ3v) is 3.33. The third-order valence-electron chi connectivity index (χ3n) is 3.08. The maximum atomic E-state index is 5.94. The Balaban J connectivity index is 2.08. The zero-order valence-electron chi connectivity index (χ0n) is 11.0. The number of hydrogen-bond acceptors (Lipinski definition) is 3. The molecule has 0 fully saturated rings. The van der Waals surface area contributed by atoms with Crippen molar-refractivity contribution in [1.29, 1.82) is 0 Å². The van der Waals surface area contributed by atoms with E-state index < -0.39 is 0 Å². The van der Waals surface area contributed by atoms with Gasteiger partial charge >= 0.3 is 0 Å². The molecule has 0 amide bonds. The Kier molecular flexibility index (Phi) is 3.67. The van der Waals surface area contributed by atoms with Crippen molar-refractivity contribution in [2.75, 3.05) is 6.61 Å². The molecule has 4 nitrogen and oxygen atoms in total. The van der Waals surface area contributed by atoms with Crippen LogP contribution >= 0.6 is 11.6 Å². The van der Waals surface area contributed by atoms with Crippen LogP contribution in [0, 0.1) is 0 Å². The summed E-state index contributed by atoms with van der Waals surface area (Å²) in [6, 6.07) is 15.4. The van der Waals surface area contributed by atoms with Gasteiger partial charge in [0.1, 0.15) is 5.52 Å². The van der Waals surface area contributed by atoms with E-state index in [2.05, 4.69) is 10.3 Å². The number of ether oxygens (including phenoxy) is 1. The fraction of sp³-hybridized carbons (Fsp3) is 0.200. The van der Waals surface area contributed by atoms with Crippen molar-refractivity contribution in [3.63, 3.8) is 0 Å². The van der Waals surface area contributed by atoms with Crippen LogP contribution in [0.15, 0.2) is 48.5 Å². The Morgan fingerprint density at radius 1 is 1.15 bits per heavy atom. The van der Waals surface area contributed by atoms with E-state index in [4.69, 9.17) is 16.3 Å². The van der Waals surface area contributed by atoms with Crippen LogP contribution in [0.2, 0.25) is 5.02 Å². The second-order valence-electron chi connectivity index (χ2n) is 4.38. The Morgan fingerprint density at radius 3 is 2.65 bits per heavy atom. The molecule has 5 heteroatoms. The number of benzene rings is 2. The highest BCUT2D eigenvalue weighted by atomic mass is 35.5. The topological polar surface area (TPSA) is 39.9 Å². The Hall–Kier alpha value is -1.91. The molecule has 0 aliphatic rings. The first-order valence-electron chi connectivity index (χ1n) is 6.46. The maximum Gasteiger partial charge on any atom is 0.178 e. The van der Waals surface area contributed by atoms with Gasteiger partial charge in [-0.2, -0.15) is 0 Å². The monoisotopic (exact) mass is 287 g/mol. The first-order valence-corrected chi connectivity index (χ1v) is 6.84. The number of nitrogens with zero attached hydrogens (tertiary/aromatic N) is 3. The first kappa shape index (κ1) is 13.1. The molecule has 0 aliphatic carbocycles. The highest BCUT2D eigenvalue weighted by Crippen LogP contribution is 2.24. The van der Waals surface area contributed by atoms with E-state index in [0.29, 0.717) is 11.6 Å². The van der Waals surface area contributed by atoms with Crippen molar-refractivity contribution >= 4 is 22.6 Å². The van der Waals surface area contributed by atoms with Gasteiger partial charge in [-0.3, -0.25) is 0 Å². The number of fused-ring (bicyclic) bond motifs is 1. The van der Waals surface area contributed by atoms with Crippen molar-refractivity contribution in [1.82, 2.24) is 15.0 Å². The highest BCUT2D eigenvalue weighted by molar-refractivity contribution is 6.30. The summed E-state index contributed by atoms with van der Waals surface area (Å²) < 4.78 is 7.63. The van der Waals surface area contributed by atoms with Crippen molar-refractivity contribution in [2.24, 2.45) is 0 Å². The lowest BCUT2D eigenvalue weighted by molar-refractivity contribution is 0.0341. The van der Waals surface area contributed by atoms with Crippen molar-refractivity contribution < 1.29 is 4.74 Å². The van der Waals surface area contributed by atoms with Crippen LogP contribution in [-0.2, 0) is 4.74 Å². The van der Waals surface area contributed by atoms with Crippen molar-refractivity contribution in [2.45, 2.75) is 13.2 Å². The average Bonchev–Trinajstić information content (AvgIpc) is 2.90. The van der Waals surface area contributed by atoms with E-state index in [9.17, 15) is 0 Å². The second kappa shape index (κ2) is 5.61. The van der Waals surface area contributed by atoms with Crippen molar-refractivity contribution in [3.05, 3.63) is 59.1 Å². The van der Waals surface area contributed by atoms with Crippen LogP contribution in [0.1, 0.15) is 18.7 Å². The van der Waals surface area contributed by atoms with Crippen LogP contribution < -0.4 is 0 Å². The average molecular weight is 288 g/mol. The molecule has 102 valence electrons. The number of para-hydroxylation sites is 1. The first-order chi connectivity index (χ1) is 9.79. The number of rotatable bonds is 4. The normalized spacial score (nSPS) is 12.7. The SMILES string of the molecule is CCOC(c1ccc(Cl)cc1)n1nnc2ccccc21. The van der Waals surface area contributed by atoms with Gasteiger partial charge in [0.2, 0.25) is 0 Å². The van der Waals surface area contributed by atoms with Gasteiger partial charge < -0.3 is 4.74 Å². The van der Waals surface area contributed by atoms with Gasteiger partial charge in [-0.1, -0.05) is 41.1 Å². The molecule has 0 spiro atoms. The lowest BCUT2D eigenvalue weighted by atomic mass is 10.2. The fourth-order valence-electron chi connectivity index (χ4n) is 2.15. The van der Waals surface area contributed by atoms with Gasteiger partial charge in [0.05, 0.1) is 5.52 Å². The Labute approximate surface area is 121 Å². The predicted octanol–water partition coefficient (Wildman–Crippen LogP) is 3.67. The van der Waals surface area contributed by atoms with Crippen LogP contribution in [0.4, 0.5) is 0 Å². The van der Waals surface area contributed by atoms with Gasteiger partial charge in [0.15, 0.2) is 6.23 Å². The van der Waals surface area contributed by atoms with Crippen LogP contribution in [-0.4, -0.2) is 21.6 Å². The molecule has 0 saturated carbocycles. The molecule has 0 bridgehead atoms.